The fraction of sp³-hybridized carbons (Fsp3) is 0.115. The molecule has 3 aromatic rings. The van der Waals surface area contributed by atoms with Crippen molar-refractivity contribution in [1.82, 2.24) is 4.90 Å². The van der Waals surface area contributed by atoms with Crippen molar-refractivity contribution in [2.24, 2.45) is 0 Å². The fourth-order valence-electron chi connectivity index (χ4n) is 4.34. The van der Waals surface area contributed by atoms with E-state index in [0.29, 0.717) is 37.9 Å². The number of rotatable bonds is 4. The molecule has 1 saturated heterocycles. The van der Waals surface area contributed by atoms with Gasteiger partial charge in [0, 0.05) is 10.6 Å². The van der Waals surface area contributed by atoms with Crippen LogP contribution in [0.3, 0.4) is 0 Å². The summed E-state index contributed by atoms with van der Waals surface area (Å²) in [7, 11) is 0. The van der Waals surface area contributed by atoms with Gasteiger partial charge in [-0.05, 0) is 41.5 Å². The number of carbonyl (C=O) groups is 2. The summed E-state index contributed by atoms with van der Waals surface area (Å²) in [4.78, 5) is 30.7. The zero-order valence-corrected chi connectivity index (χ0v) is 20.6. The molecule has 3 aliphatic heterocycles. The van der Waals surface area contributed by atoms with Gasteiger partial charge >= 0.3 is 0 Å². The highest BCUT2D eigenvalue weighted by Crippen LogP contribution is 2.45. The number of para-hydroxylation sites is 1. The fourth-order valence-corrected chi connectivity index (χ4v) is 5.79. The molecule has 0 saturated carbocycles. The molecule has 0 radical (unpaired) electrons. The molecule has 1 fully saturated rings. The number of anilines is 1. The summed E-state index contributed by atoms with van der Waals surface area (Å²) in [5, 5.41) is 0.633. The van der Waals surface area contributed by atoms with Gasteiger partial charge < -0.3 is 14.4 Å². The van der Waals surface area contributed by atoms with Crippen molar-refractivity contribution in [2.45, 2.75) is 13.1 Å². The van der Waals surface area contributed by atoms with E-state index in [2.05, 4.69) is 0 Å². The molecule has 35 heavy (non-hydrogen) atoms. The number of hydrogen-bond donors (Lipinski definition) is 0. The van der Waals surface area contributed by atoms with Crippen LogP contribution in [0.25, 0.3) is 5.57 Å². The van der Waals surface area contributed by atoms with Crippen molar-refractivity contribution in [2.75, 3.05) is 11.7 Å². The predicted octanol–water partition coefficient (Wildman–Crippen LogP) is 5.39. The number of amides is 2. The summed E-state index contributed by atoms with van der Waals surface area (Å²) in [6.45, 7) is 0.830. The lowest BCUT2D eigenvalue weighted by Crippen LogP contribution is -2.29. The average molecular weight is 521 g/mol. The van der Waals surface area contributed by atoms with E-state index in [1.165, 1.54) is 16.7 Å². The van der Waals surface area contributed by atoms with E-state index in [9.17, 15) is 9.59 Å². The molecule has 0 atom stereocenters. The molecule has 6 rings (SSSR count). The predicted molar refractivity (Wildman–Crippen MR) is 139 cm³/mol. The van der Waals surface area contributed by atoms with Crippen LogP contribution >= 0.6 is 35.6 Å². The van der Waals surface area contributed by atoms with Gasteiger partial charge in [0.15, 0.2) is 11.5 Å². The smallest absolute Gasteiger partial charge is 0.267 e. The molecule has 0 N–H and O–H groups in total. The van der Waals surface area contributed by atoms with Crippen molar-refractivity contribution in [3.63, 3.8) is 0 Å². The quantitative estimate of drug-likeness (QED) is 0.340. The highest BCUT2D eigenvalue weighted by atomic mass is 35.5. The third-order valence-corrected chi connectivity index (χ3v) is 7.73. The van der Waals surface area contributed by atoms with Crippen LogP contribution in [-0.4, -0.2) is 27.8 Å². The van der Waals surface area contributed by atoms with Crippen molar-refractivity contribution in [3.8, 4) is 11.5 Å². The highest BCUT2D eigenvalue weighted by molar-refractivity contribution is 8.26. The number of halogens is 1. The lowest BCUT2D eigenvalue weighted by Gasteiger charge is -2.17. The van der Waals surface area contributed by atoms with Gasteiger partial charge in [-0.15, -0.1) is 0 Å². The minimum absolute atomic E-state index is 0.181. The molecular weight excluding hydrogens is 504 g/mol. The summed E-state index contributed by atoms with van der Waals surface area (Å²) in [6, 6.07) is 20.4. The van der Waals surface area contributed by atoms with Crippen LogP contribution in [0.1, 0.15) is 16.7 Å². The van der Waals surface area contributed by atoms with E-state index in [1.54, 1.807) is 17.0 Å². The summed E-state index contributed by atoms with van der Waals surface area (Å²) < 4.78 is 11.2. The Kier molecular flexibility index (Phi) is 5.51. The van der Waals surface area contributed by atoms with Crippen LogP contribution in [-0.2, 0) is 22.7 Å². The van der Waals surface area contributed by atoms with Gasteiger partial charge in [-0.3, -0.25) is 14.5 Å². The Balaban J connectivity index is 1.33. The van der Waals surface area contributed by atoms with Crippen LogP contribution in [0.5, 0.6) is 11.5 Å². The monoisotopic (exact) mass is 520 g/mol. The Bertz CT molecular complexity index is 1440. The van der Waals surface area contributed by atoms with Crippen LogP contribution in [0.15, 0.2) is 71.6 Å². The van der Waals surface area contributed by atoms with Crippen LogP contribution in [0.2, 0.25) is 5.02 Å². The maximum absolute atomic E-state index is 13.7. The molecule has 6 nitrogen and oxygen atoms in total. The maximum atomic E-state index is 13.7. The van der Waals surface area contributed by atoms with Crippen molar-refractivity contribution in [3.05, 3.63) is 93.3 Å². The standard InChI is InChI=1S/C26H17ClN2O4S2/c27-17-8-5-15(6-9-17)12-28-19-4-2-1-3-18(19)22(24(28)30)23-25(31)29(26(34)35-23)13-16-7-10-20-21(11-16)33-14-32-20/h1-11H,12-14H2/b23-22-. The number of thiocarbonyl (C=S) groups is 1. The van der Waals surface area contributed by atoms with E-state index in [1.807, 2.05) is 54.6 Å². The molecule has 9 heteroatoms. The second-order valence-electron chi connectivity index (χ2n) is 8.19. The van der Waals surface area contributed by atoms with Gasteiger partial charge in [0.25, 0.3) is 11.8 Å². The van der Waals surface area contributed by atoms with E-state index >= 15 is 0 Å². The number of hydrogen-bond acceptors (Lipinski definition) is 6. The van der Waals surface area contributed by atoms with Crippen LogP contribution in [0, 0.1) is 0 Å². The molecular formula is C26H17ClN2O4S2. The Morgan fingerprint density at radius 2 is 1.57 bits per heavy atom. The average Bonchev–Trinajstić information content (AvgIpc) is 3.51. The minimum Gasteiger partial charge on any atom is -0.454 e. The first kappa shape index (κ1) is 22.2. The molecule has 0 unspecified atom stereocenters. The summed E-state index contributed by atoms with van der Waals surface area (Å²) in [6.07, 6.45) is 0. The van der Waals surface area contributed by atoms with E-state index in [-0.39, 0.29) is 25.2 Å². The maximum Gasteiger partial charge on any atom is 0.267 e. The number of carbonyl (C=O) groups excluding carboxylic acids is 2. The van der Waals surface area contributed by atoms with E-state index < -0.39 is 0 Å². The zero-order chi connectivity index (χ0) is 24.1. The molecule has 3 aromatic carbocycles. The first-order valence-corrected chi connectivity index (χ1v) is 12.4. The zero-order valence-electron chi connectivity index (χ0n) is 18.2. The Morgan fingerprint density at radius 3 is 2.40 bits per heavy atom. The molecule has 0 bridgehead atoms. The number of benzene rings is 3. The molecule has 174 valence electrons. The summed E-state index contributed by atoms with van der Waals surface area (Å²) in [5.74, 6) is 0.827. The number of ether oxygens (including phenoxy) is 2. The Hall–Kier alpha value is -3.33. The number of thioether (sulfide) groups is 1. The third kappa shape index (κ3) is 3.87. The van der Waals surface area contributed by atoms with Gasteiger partial charge in [-0.2, -0.15) is 0 Å². The summed E-state index contributed by atoms with van der Waals surface area (Å²) in [5.41, 5.74) is 3.69. The SMILES string of the molecule is O=C1/C(=C2/C(=O)N(Cc3ccc(Cl)cc3)c3ccccc32)SC(=S)N1Cc1ccc2c(c1)OCO2. The number of fused-ring (bicyclic) bond motifs is 2. The topological polar surface area (TPSA) is 59.1 Å². The Morgan fingerprint density at radius 1 is 0.857 bits per heavy atom. The van der Waals surface area contributed by atoms with Crippen molar-refractivity contribution < 1.29 is 19.1 Å². The van der Waals surface area contributed by atoms with Crippen molar-refractivity contribution in [1.29, 1.82) is 0 Å². The third-order valence-electron chi connectivity index (χ3n) is 6.03. The first-order chi connectivity index (χ1) is 17.0. The van der Waals surface area contributed by atoms with Crippen LogP contribution < -0.4 is 14.4 Å². The second kappa shape index (κ2) is 8.71. The lowest BCUT2D eigenvalue weighted by atomic mass is 10.1. The van der Waals surface area contributed by atoms with Gasteiger partial charge in [0.05, 0.1) is 29.3 Å². The van der Waals surface area contributed by atoms with Crippen molar-refractivity contribution >= 4 is 63.0 Å². The van der Waals surface area contributed by atoms with Gasteiger partial charge in [0.1, 0.15) is 4.32 Å². The molecule has 3 heterocycles. The molecule has 0 spiro atoms. The van der Waals surface area contributed by atoms with Gasteiger partial charge in [-0.25, -0.2) is 0 Å². The Labute approximate surface area is 216 Å². The van der Waals surface area contributed by atoms with Crippen LogP contribution in [0.4, 0.5) is 5.69 Å². The van der Waals surface area contributed by atoms with Gasteiger partial charge in [-0.1, -0.05) is 72.0 Å². The second-order valence-corrected chi connectivity index (χ2v) is 10.3. The minimum atomic E-state index is -0.274. The first-order valence-electron chi connectivity index (χ1n) is 10.8. The molecule has 0 aromatic heterocycles. The lowest BCUT2D eigenvalue weighted by molar-refractivity contribution is -0.122. The normalized spacial score (nSPS) is 18.6. The van der Waals surface area contributed by atoms with Gasteiger partial charge in [0.2, 0.25) is 6.79 Å². The highest BCUT2D eigenvalue weighted by Gasteiger charge is 2.42. The number of nitrogens with zero attached hydrogens (tertiary/aromatic N) is 2. The van der Waals surface area contributed by atoms with E-state index in [4.69, 9.17) is 33.3 Å². The summed E-state index contributed by atoms with van der Waals surface area (Å²) >= 11 is 12.7. The largest absolute Gasteiger partial charge is 0.454 e. The van der Waals surface area contributed by atoms with E-state index in [0.717, 1.165) is 22.4 Å². The molecule has 2 amide bonds. The molecule has 3 aliphatic rings. The molecule has 0 aliphatic carbocycles.